The van der Waals surface area contributed by atoms with E-state index in [1.54, 1.807) is 0 Å². The quantitative estimate of drug-likeness (QED) is 0.783. The van der Waals surface area contributed by atoms with E-state index in [4.69, 9.17) is 0 Å². The van der Waals surface area contributed by atoms with Crippen molar-refractivity contribution in [2.24, 2.45) is 0 Å². The van der Waals surface area contributed by atoms with Crippen LogP contribution in [-0.2, 0) is 10.2 Å². The van der Waals surface area contributed by atoms with Crippen LogP contribution in [0.3, 0.4) is 0 Å². The van der Waals surface area contributed by atoms with Gasteiger partial charge in [-0.3, -0.25) is 4.79 Å². The molecule has 1 fully saturated rings. The molecule has 15 heavy (non-hydrogen) atoms. The number of aliphatic carboxylic acids is 1. The molecule has 0 spiro atoms. The highest BCUT2D eigenvalue weighted by molar-refractivity contribution is 5.94. The highest BCUT2D eigenvalue weighted by Crippen LogP contribution is 2.50. The summed E-state index contributed by atoms with van der Waals surface area (Å²) in [5.74, 6) is -0.702. The van der Waals surface area contributed by atoms with Crippen LogP contribution in [-0.4, -0.2) is 16.1 Å². The standard InChI is InChI=1S/C12H11NO2/c14-11(15)12(5-6-12)9-7-13-10-4-2-1-3-8(9)10/h1-4,7,13H,5-6H2,(H,14,15). The lowest BCUT2D eigenvalue weighted by molar-refractivity contribution is -0.139. The molecule has 3 nitrogen and oxygen atoms in total. The Bertz CT molecular complexity index is 537. The van der Waals surface area contributed by atoms with Gasteiger partial charge in [-0.2, -0.15) is 0 Å². The maximum absolute atomic E-state index is 11.2. The first-order valence-electron chi connectivity index (χ1n) is 5.04. The average Bonchev–Trinajstić information content (AvgIpc) is 2.93. The predicted molar refractivity (Wildman–Crippen MR) is 56.8 cm³/mol. The summed E-state index contributed by atoms with van der Waals surface area (Å²) < 4.78 is 0. The Morgan fingerprint density at radius 3 is 2.73 bits per heavy atom. The molecule has 1 aliphatic rings. The molecule has 0 saturated heterocycles. The maximum atomic E-state index is 11.2. The Morgan fingerprint density at radius 2 is 2.07 bits per heavy atom. The van der Waals surface area contributed by atoms with Crippen molar-refractivity contribution in [2.45, 2.75) is 18.3 Å². The number of benzene rings is 1. The van der Waals surface area contributed by atoms with Crippen molar-refractivity contribution >= 4 is 16.9 Å². The summed E-state index contributed by atoms with van der Waals surface area (Å²) in [7, 11) is 0. The fraction of sp³-hybridized carbons (Fsp3) is 0.250. The fourth-order valence-electron chi connectivity index (χ4n) is 2.19. The molecule has 76 valence electrons. The van der Waals surface area contributed by atoms with Crippen molar-refractivity contribution in [2.75, 3.05) is 0 Å². The van der Waals surface area contributed by atoms with Crippen LogP contribution in [0.4, 0.5) is 0 Å². The van der Waals surface area contributed by atoms with Gasteiger partial charge in [0.2, 0.25) is 0 Å². The molecule has 1 aromatic carbocycles. The summed E-state index contributed by atoms with van der Waals surface area (Å²) >= 11 is 0. The van der Waals surface area contributed by atoms with Crippen molar-refractivity contribution in [3.63, 3.8) is 0 Å². The number of aromatic nitrogens is 1. The Kier molecular flexibility index (Phi) is 1.49. The maximum Gasteiger partial charge on any atom is 0.314 e. The summed E-state index contributed by atoms with van der Waals surface area (Å²) in [6.07, 6.45) is 3.35. The van der Waals surface area contributed by atoms with Gasteiger partial charge in [0.15, 0.2) is 0 Å². The lowest BCUT2D eigenvalue weighted by atomic mass is 9.96. The fourth-order valence-corrected chi connectivity index (χ4v) is 2.19. The van der Waals surface area contributed by atoms with E-state index in [0.29, 0.717) is 0 Å². The number of H-pyrrole nitrogens is 1. The Hall–Kier alpha value is -1.77. The number of aromatic amines is 1. The monoisotopic (exact) mass is 201 g/mol. The van der Waals surface area contributed by atoms with Crippen molar-refractivity contribution < 1.29 is 9.90 Å². The summed E-state index contributed by atoms with van der Waals surface area (Å²) in [6, 6.07) is 7.83. The second-order valence-electron chi connectivity index (χ2n) is 4.14. The van der Waals surface area contributed by atoms with Gasteiger partial charge in [0.05, 0.1) is 5.41 Å². The predicted octanol–water partition coefficient (Wildman–Crippen LogP) is 2.28. The molecule has 0 aliphatic heterocycles. The molecule has 0 unspecified atom stereocenters. The van der Waals surface area contributed by atoms with E-state index >= 15 is 0 Å². The lowest BCUT2D eigenvalue weighted by Crippen LogP contribution is -2.18. The van der Waals surface area contributed by atoms with E-state index in [9.17, 15) is 9.90 Å². The summed E-state index contributed by atoms with van der Waals surface area (Å²) in [6.45, 7) is 0. The van der Waals surface area contributed by atoms with Crippen LogP contribution in [0.5, 0.6) is 0 Å². The third-order valence-electron chi connectivity index (χ3n) is 3.26. The van der Waals surface area contributed by atoms with Gasteiger partial charge in [0, 0.05) is 17.1 Å². The number of hydrogen-bond acceptors (Lipinski definition) is 1. The van der Waals surface area contributed by atoms with Crippen LogP contribution < -0.4 is 0 Å². The number of rotatable bonds is 2. The molecule has 1 aliphatic carbocycles. The van der Waals surface area contributed by atoms with Gasteiger partial charge in [0.25, 0.3) is 0 Å². The molecular weight excluding hydrogens is 190 g/mol. The molecule has 1 aromatic heterocycles. The molecule has 0 bridgehead atoms. The minimum Gasteiger partial charge on any atom is -0.481 e. The third kappa shape index (κ3) is 1.03. The Labute approximate surface area is 86.7 Å². The largest absolute Gasteiger partial charge is 0.481 e. The van der Waals surface area contributed by atoms with Crippen molar-refractivity contribution in [1.82, 2.24) is 4.98 Å². The smallest absolute Gasteiger partial charge is 0.314 e. The molecule has 2 N–H and O–H groups in total. The first-order chi connectivity index (χ1) is 7.24. The van der Waals surface area contributed by atoms with Gasteiger partial charge in [-0.25, -0.2) is 0 Å². The molecule has 0 radical (unpaired) electrons. The van der Waals surface area contributed by atoms with E-state index < -0.39 is 11.4 Å². The van der Waals surface area contributed by atoms with E-state index in [0.717, 1.165) is 29.3 Å². The molecule has 3 rings (SSSR count). The molecule has 0 amide bonds. The van der Waals surface area contributed by atoms with Gasteiger partial charge in [0.1, 0.15) is 0 Å². The number of fused-ring (bicyclic) bond motifs is 1. The molecule has 2 aromatic rings. The van der Waals surface area contributed by atoms with Gasteiger partial charge in [-0.1, -0.05) is 18.2 Å². The van der Waals surface area contributed by atoms with Crippen molar-refractivity contribution in [1.29, 1.82) is 0 Å². The zero-order valence-electron chi connectivity index (χ0n) is 8.16. The second kappa shape index (κ2) is 2.63. The first kappa shape index (κ1) is 8.53. The molecule has 0 atom stereocenters. The minimum atomic E-state index is -0.702. The van der Waals surface area contributed by atoms with Crippen LogP contribution in [0.2, 0.25) is 0 Å². The summed E-state index contributed by atoms with van der Waals surface area (Å²) in [4.78, 5) is 14.3. The highest BCUT2D eigenvalue weighted by atomic mass is 16.4. The molecule has 1 saturated carbocycles. The van der Waals surface area contributed by atoms with E-state index in [1.807, 2.05) is 30.5 Å². The van der Waals surface area contributed by atoms with Crippen LogP contribution in [0.1, 0.15) is 18.4 Å². The molecular formula is C12H11NO2. The first-order valence-corrected chi connectivity index (χ1v) is 5.04. The Balaban J connectivity index is 2.24. The number of carboxylic acids is 1. The second-order valence-corrected chi connectivity index (χ2v) is 4.14. The average molecular weight is 201 g/mol. The van der Waals surface area contributed by atoms with Crippen LogP contribution >= 0.6 is 0 Å². The molecule has 3 heteroatoms. The number of hydrogen-bond donors (Lipinski definition) is 2. The summed E-state index contributed by atoms with van der Waals surface area (Å²) in [5, 5.41) is 10.3. The van der Waals surface area contributed by atoms with E-state index in [-0.39, 0.29) is 0 Å². The van der Waals surface area contributed by atoms with Gasteiger partial charge < -0.3 is 10.1 Å². The zero-order chi connectivity index (χ0) is 10.5. The van der Waals surface area contributed by atoms with Crippen LogP contribution in [0, 0.1) is 0 Å². The van der Waals surface area contributed by atoms with E-state index in [1.165, 1.54) is 0 Å². The highest BCUT2D eigenvalue weighted by Gasteiger charge is 2.52. The topological polar surface area (TPSA) is 53.1 Å². The normalized spacial score (nSPS) is 17.9. The summed E-state index contributed by atoms with van der Waals surface area (Å²) in [5.41, 5.74) is 1.34. The Morgan fingerprint density at radius 1 is 1.33 bits per heavy atom. The lowest BCUT2D eigenvalue weighted by Gasteiger charge is -2.07. The van der Waals surface area contributed by atoms with Crippen molar-refractivity contribution in [3.05, 3.63) is 36.0 Å². The SMILES string of the molecule is O=C(O)C1(c2c[nH]c3ccccc23)CC1. The number of para-hydroxylation sites is 1. The van der Waals surface area contributed by atoms with Crippen molar-refractivity contribution in [3.8, 4) is 0 Å². The van der Waals surface area contributed by atoms with Gasteiger partial charge >= 0.3 is 5.97 Å². The minimum absolute atomic E-state index is 0.612. The third-order valence-corrected chi connectivity index (χ3v) is 3.26. The van der Waals surface area contributed by atoms with E-state index in [2.05, 4.69) is 4.98 Å². The van der Waals surface area contributed by atoms with Crippen LogP contribution in [0.25, 0.3) is 10.9 Å². The number of carboxylic acid groups (broad SMARTS) is 1. The van der Waals surface area contributed by atoms with Crippen LogP contribution in [0.15, 0.2) is 30.5 Å². The molecule has 1 heterocycles. The zero-order valence-corrected chi connectivity index (χ0v) is 8.16. The number of nitrogens with one attached hydrogen (secondary N) is 1. The van der Waals surface area contributed by atoms with Gasteiger partial charge in [-0.05, 0) is 24.5 Å². The number of carbonyl (C=O) groups is 1. The van der Waals surface area contributed by atoms with Gasteiger partial charge in [-0.15, -0.1) is 0 Å².